The van der Waals surface area contributed by atoms with Crippen molar-refractivity contribution < 1.29 is 29.4 Å². The molecule has 1 amide bonds. The summed E-state index contributed by atoms with van der Waals surface area (Å²) in [6.45, 7) is 0. The first-order valence-corrected chi connectivity index (χ1v) is 6.22. The van der Waals surface area contributed by atoms with Crippen molar-refractivity contribution in [2.45, 2.75) is 24.9 Å². The van der Waals surface area contributed by atoms with E-state index in [2.05, 4.69) is 0 Å². The minimum atomic E-state index is -1.15. The van der Waals surface area contributed by atoms with Crippen LogP contribution in [0.1, 0.15) is 12.0 Å². The van der Waals surface area contributed by atoms with Gasteiger partial charge in [0, 0.05) is 0 Å². The molecule has 1 radical (unpaired) electrons. The van der Waals surface area contributed by atoms with Crippen molar-refractivity contribution in [2.24, 2.45) is 5.73 Å². The van der Waals surface area contributed by atoms with Crippen molar-refractivity contribution in [3.8, 4) is 0 Å². The second-order valence-electron chi connectivity index (χ2n) is 4.19. The van der Waals surface area contributed by atoms with Crippen LogP contribution in [-0.2, 0) is 25.6 Å². The second kappa shape index (κ2) is 11.0. The fraction of sp³-hybridized carbons (Fsp3) is 0.286. The summed E-state index contributed by atoms with van der Waals surface area (Å²) in [5.74, 6) is -2.11. The number of carboxylic acid groups (broad SMARTS) is 2. The van der Waals surface area contributed by atoms with Crippen LogP contribution < -0.4 is 11.1 Å². The Morgan fingerprint density at radius 3 is 2.27 bits per heavy atom. The van der Waals surface area contributed by atoms with E-state index in [4.69, 9.17) is 15.9 Å². The first-order valence-electron chi connectivity index (χ1n) is 6.22. The zero-order valence-corrected chi connectivity index (χ0v) is 11.6. The Morgan fingerprint density at radius 1 is 1.27 bits per heavy atom. The van der Waals surface area contributed by atoms with Crippen LogP contribution in [0.4, 0.5) is 0 Å². The lowest BCUT2D eigenvalue weighted by Gasteiger charge is -2.04. The minimum absolute atomic E-state index is 0.262. The summed E-state index contributed by atoms with van der Waals surface area (Å²) in [6, 6.07) is 7.51. The molecule has 8 nitrogen and oxygen atoms in total. The number of carbonyl (C=O) groups excluding carboxylic acids is 2. The maximum atomic E-state index is 10.4. The Labute approximate surface area is 126 Å². The lowest BCUT2D eigenvalue weighted by atomic mass is 10.1. The summed E-state index contributed by atoms with van der Waals surface area (Å²) in [5.41, 5.74) is 6.30. The Kier molecular flexibility index (Phi) is 9.61. The van der Waals surface area contributed by atoms with E-state index in [1.807, 2.05) is 35.6 Å². The quantitative estimate of drug-likeness (QED) is 0.465. The molecule has 22 heavy (non-hydrogen) atoms. The van der Waals surface area contributed by atoms with Gasteiger partial charge in [0.25, 0.3) is 0 Å². The first kappa shape index (κ1) is 19.3. The Bertz CT molecular complexity index is 491. The van der Waals surface area contributed by atoms with Crippen molar-refractivity contribution >= 4 is 24.6 Å². The molecule has 0 spiro atoms. The predicted molar refractivity (Wildman–Crippen MR) is 76.7 cm³/mol. The number of rotatable bonds is 8. The number of nitrogens with two attached hydrogens (primary N) is 1. The Balaban J connectivity index is 0.000000409. The minimum Gasteiger partial charge on any atom is -0.481 e. The highest BCUT2D eigenvalue weighted by atomic mass is 16.4. The number of carboxylic acids is 2. The molecule has 0 heterocycles. The van der Waals surface area contributed by atoms with E-state index < -0.39 is 30.4 Å². The van der Waals surface area contributed by atoms with Crippen molar-refractivity contribution in [1.29, 1.82) is 0 Å². The predicted octanol–water partition coefficient (Wildman–Crippen LogP) is -0.674. The van der Waals surface area contributed by atoms with Gasteiger partial charge in [0.2, 0.25) is 12.7 Å². The van der Waals surface area contributed by atoms with Gasteiger partial charge >= 0.3 is 11.9 Å². The molecule has 0 aliphatic heterocycles. The summed E-state index contributed by atoms with van der Waals surface area (Å²) in [4.78, 5) is 39.8. The third-order valence-corrected chi connectivity index (χ3v) is 2.41. The van der Waals surface area contributed by atoms with Crippen LogP contribution >= 0.6 is 0 Å². The molecule has 1 aromatic carbocycles. The van der Waals surface area contributed by atoms with Gasteiger partial charge in [-0.2, -0.15) is 0 Å². The largest absolute Gasteiger partial charge is 0.481 e. The topological polar surface area (TPSA) is 147 Å². The maximum absolute atomic E-state index is 10.4. The van der Waals surface area contributed by atoms with E-state index in [0.717, 1.165) is 5.56 Å². The molecule has 119 valence electrons. The number of benzene rings is 1. The first-order chi connectivity index (χ1) is 10.4. The standard InChI is InChI=1S/C9H11NO2.C5H6NO4/c10-8(9(11)12)6-7-4-2-1-3-5-7;7-2-4(6-3-8)1-5(9)10/h1-5,8H,6,10H2,(H,11,12);3-4H,1H2,(H,6,8)(H,9,10)/t8-;/m0./s1. The summed E-state index contributed by atoms with van der Waals surface area (Å²) in [5, 5.41) is 18.6. The van der Waals surface area contributed by atoms with Gasteiger partial charge in [-0.1, -0.05) is 30.3 Å². The van der Waals surface area contributed by atoms with Gasteiger partial charge in [0.15, 0.2) is 0 Å². The van der Waals surface area contributed by atoms with Gasteiger partial charge in [-0.25, -0.2) is 0 Å². The Morgan fingerprint density at radius 2 is 1.86 bits per heavy atom. The highest BCUT2D eigenvalue weighted by Gasteiger charge is 2.11. The molecule has 0 aromatic heterocycles. The average Bonchev–Trinajstić information content (AvgIpc) is 2.48. The lowest BCUT2D eigenvalue weighted by molar-refractivity contribution is -0.139. The molecule has 0 aliphatic carbocycles. The van der Waals surface area contributed by atoms with Crippen LogP contribution in [-0.4, -0.2) is 46.9 Å². The fourth-order valence-electron chi connectivity index (χ4n) is 1.35. The molecule has 0 saturated carbocycles. The van der Waals surface area contributed by atoms with E-state index in [1.54, 1.807) is 0 Å². The molecular weight excluding hydrogens is 292 g/mol. The number of hydrogen-bond donors (Lipinski definition) is 4. The molecule has 0 bridgehead atoms. The number of carbonyl (C=O) groups is 3. The average molecular weight is 309 g/mol. The number of hydrogen-bond acceptors (Lipinski definition) is 5. The van der Waals surface area contributed by atoms with E-state index in [1.165, 1.54) is 6.29 Å². The molecule has 0 fully saturated rings. The fourth-order valence-corrected chi connectivity index (χ4v) is 1.35. The normalized spacial score (nSPS) is 12.0. The number of nitrogens with one attached hydrogen (secondary N) is 1. The molecule has 2 atom stereocenters. The highest BCUT2D eigenvalue weighted by molar-refractivity contribution is 5.75. The van der Waals surface area contributed by atoms with E-state index in [0.29, 0.717) is 6.42 Å². The van der Waals surface area contributed by atoms with Crippen molar-refractivity contribution in [3.63, 3.8) is 0 Å². The maximum Gasteiger partial charge on any atom is 0.320 e. The van der Waals surface area contributed by atoms with Crippen molar-refractivity contribution in [1.82, 2.24) is 5.32 Å². The highest BCUT2D eigenvalue weighted by Crippen LogP contribution is 2.01. The van der Waals surface area contributed by atoms with Crippen LogP contribution in [0.15, 0.2) is 30.3 Å². The van der Waals surface area contributed by atoms with Crippen LogP contribution in [0.2, 0.25) is 0 Å². The van der Waals surface area contributed by atoms with Gasteiger partial charge < -0.3 is 21.3 Å². The van der Waals surface area contributed by atoms with Gasteiger partial charge in [-0.15, -0.1) is 0 Å². The second-order valence-corrected chi connectivity index (χ2v) is 4.19. The molecule has 1 rings (SSSR count). The molecule has 0 saturated heterocycles. The molecular formula is C14H17N2O6. The SMILES string of the molecule is N[C@@H](Cc1ccccc1)C(=O)O.O=[C]C(CC(=O)O)NC=O. The van der Waals surface area contributed by atoms with Crippen LogP contribution in [0.25, 0.3) is 0 Å². The zero-order chi connectivity index (χ0) is 17.0. The van der Waals surface area contributed by atoms with Crippen LogP contribution in [0, 0.1) is 0 Å². The smallest absolute Gasteiger partial charge is 0.320 e. The van der Waals surface area contributed by atoms with E-state index in [9.17, 15) is 19.2 Å². The molecule has 8 heteroatoms. The third-order valence-electron chi connectivity index (χ3n) is 2.41. The van der Waals surface area contributed by atoms with Crippen molar-refractivity contribution in [3.05, 3.63) is 35.9 Å². The summed E-state index contributed by atoms with van der Waals surface area (Å²) < 4.78 is 0. The molecule has 1 unspecified atom stereocenters. The van der Waals surface area contributed by atoms with Gasteiger partial charge in [0.05, 0.1) is 6.42 Å². The summed E-state index contributed by atoms with van der Waals surface area (Å²) in [7, 11) is 0. The number of aliphatic carboxylic acids is 2. The number of amides is 1. The lowest BCUT2D eigenvalue weighted by Crippen LogP contribution is -2.32. The van der Waals surface area contributed by atoms with E-state index >= 15 is 0 Å². The third kappa shape index (κ3) is 9.21. The molecule has 0 aliphatic rings. The Hall–Kier alpha value is -2.74. The summed E-state index contributed by atoms with van der Waals surface area (Å²) in [6.07, 6.45) is 1.58. The van der Waals surface area contributed by atoms with Crippen molar-refractivity contribution in [2.75, 3.05) is 0 Å². The zero-order valence-electron chi connectivity index (χ0n) is 11.6. The molecule has 5 N–H and O–H groups in total. The monoisotopic (exact) mass is 309 g/mol. The van der Waals surface area contributed by atoms with Gasteiger partial charge in [0.1, 0.15) is 12.1 Å². The van der Waals surface area contributed by atoms with E-state index in [-0.39, 0.29) is 6.41 Å². The summed E-state index contributed by atoms with van der Waals surface area (Å²) >= 11 is 0. The molecule has 1 aromatic rings. The van der Waals surface area contributed by atoms with Crippen LogP contribution in [0.3, 0.4) is 0 Å². The van der Waals surface area contributed by atoms with Gasteiger partial charge in [-0.05, 0) is 12.0 Å². The van der Waals surface area contributed by atoms with Crippen LogP contribution in [0.5, 0.6) is 0 Å². The van der Waals surface area contributed by atoms with Gasteiger partial charge in [-0.3, -0.25) is 19.2 Å².